The number of carbonyl (C=O) groups is 1. The molecule has 0 amide bonds. The Labute approximate surface area is 95.5 Å². The Morgan fingerprint density at radius 3 is 2.56 bits per heavy atom. The molecule has 1 aliphatic rings. The van der Waals surface area contributed by atoms with E-state index in [9.17, 15) is 14.9 Å². The number of nitro groups is 1. The van der Waals surface area contributed by atoms with Crippen LogP contribution in [0.2, 0.25) is 0 Å². The molecule has 88 valence electrons. The van der Waals surface area contributed by atoms with Crippen LogP contribution in [0.4, 0.5) is 0 Å². The molecule has 0 spiro atoms. The standard InChI is InChI=1S/C10H11NO3.C2H6/c1-8(12)7-9-5-3-2-4-6-10(9)11(13)14;1-2/h2-5H,6-7H2,1H3;1-2H3. The minimum absolute atomic E-state index is 0.0640. The normalized spacial score (nSPS) is 13.9. The zero-order chi connectivity index (χ0) is 12.6. The maximum Gasteiger partial charge on any atom is 0.253 e. The molecular weight excluding hydrogens is 206 g/mol. The van der Waals surface area contributed by atoms with Crippen molar-refractivity contribution in [2.75, 3.05) is 0 Å². The number of ketones is 1. The minimum atomic E-state index is -0.418. The van der Waals surface area contributed by atoms with E-state index in [0.717, 1.165) is 0 Å². The lowest BCUT2D eigenvalue weighted by molar-refractivity contribution is -0.427. The van der Waals surface area contributed by atoms with E-state index in [0.29, 0.717) is 5.57 Å². The third kappa shape index (κ3) is 4.68. The van der Waals surface area contributed by atoms with Crippen molar-refractivity contribution in [2.24, 2.45) is 0 Å². The SMILES string of the molecule is CC.CC(=O)CC1=C([N+](=O)[O-])CC=CC=C1. The van der Waals surface area contributed by atoms with Gasteiger partial charge < -0.3 is 0 Å². The summed E-state index contributed by atoms with van der Waals surface area (Å²) in [7, 11) is 0. The smallest absolute Gasteiger partial charge is 0.253 e. The molecule has 0 fully saturated rings. The van der Waals surface area contributed by atoms with Crippen LogP contribution in [0.15, 0.2) is 35.6 Å². The highest BCUT2D eigenvalue weighted by Gasteiger charge is 2.17. The van der Waals surface area contributed by atoms with Gasteiger partial charge in [0.25, 0.3) is 5.70 Å². The van der Waals surface area contributed by atoms with Gasteiger partial charge in [-0.2, -0.15) is 0 Å². The number of nitrogens with zero attached hydrogens (tertiary/aromatic N) is 1. The Kier molecular flexibility index (Phi) is 6.76. The van der Waals surface area contributed by atoms with Gasteiger partial charge in [0.1, 0.15) is 5.78 Å². The van der Waals surface area contributed by atoms with E-state index in [1.807, 2.05) is 13.8 Å². The van der Waals surface area contributed by atoms with E-state index in [-0.39, 0.29) is 24.3 Å². The van der Waals surface area contributed by atoms with Crippen molar-refractivity contribution in [1.29, 1.82) is 0 Å². The predicted octanol–water partition coefficient (Wildman–Crippen LogP) is 3.04. The Balaban J connectivity index is 0.00000106. The predicted molar refractivity (Wildman–Crippen MR) is 63.6 cm³/mol. The Morgan fingerprint density at radius 2 is 2.06 bits per heavy atom. The first-order valence-electron chi connectivity index (χ1n) is 5.30. The van der Waals surface area contributed by atoms with Gasteiger partial charge >= 0.3 is 0 Å². The Bertz CT molecular complexity index is 351. The summed E-state index contributed by atoms with van der Waals surface area (Å²) in [5, 5.41) is 10.7. The summed E-state index contributed by atoms with van der Waals surface area (Å²) in [5.41, 5.74) is 0.623. The van der Waals surface area contributed by atoms with E-state index in [2.05, 4.69) is 0 Å². The third-order valence-electron chi connectivity index (χ3n) is 1.89. The average Bonchev–Trinajstić information content (AvgIpc) is 2.45. The highest BCUT2D eigenvalue weighted by atomic mass is 16.6. The quantitative estimate of drug-likeness (QED) is 0.545. The van der Waals surface area contributed by atoms with Gasteiger partial charge in [0, 0.05) is 12.0 Å². The molecule has 4 heteroatoms. The van der Waals surface area contributed by atoms with Crippen molar-refractivity contribution in [3.63, 3.8) is 0 Å². The van der Waals surface area contributed by atoms with E-state index >= 15 is 0 Å². The van der Waals surface area contributed by atoms with Crippen LogP contribution >= 0.6 is 0 Å². The number of hydrogen-bond acceptors (Lipinski definition) is 3. The number of carbonyl (C=O) groups excluding carboxylic acids is 1. The molecule has 0 atom stereocenters. The van der Waals surface area contributed by atoms with Gasteiger partial charge in [-0.15, -0.1) is 0 Å². The van der Waals surface area contributed by atoms with Crippen molar-refractivity contribution >= 4 is 5.78 Å². The number of allylic oxidation sites excluding steroid dienone is 5. The molecule has 0 unspecified atom stereocenters. The molecule has 0 radical (unpaired) electrons. The van der Waals surface area contributed by atoms with Crippen LogP contribution in [0, 0.1) is 10.1 Å². The van der Waals surface area contributed by atoms with Crippen LogP contribution in [0.5, 0.6) is 0 Å². The first kappa shape index (κ1) is 14.3. The second kappa shape index (κ2) is 7.56. The second-order valence-electron chi connectivity index (χ2n) is 3.10. The molecule has 4 nitrogen and oxygen atoms in total. The van der Waals surface area contributed by atoms with Crippen LogP contribution in [-0.4, -0.2) is 10.7 Å². The molecule has 16 heavy (non-hydrogen) atoms. The molecular formula is C12H17NO3. The lowest BCUT2D eigenvalue weighted by Crippen LogP contribution is -2.04. The van der Waals surface area contributed by atoms with Gasteiger partial charge in [-0.3, -0.25) is 14.9 Å². The largest absolute Gasteiger partial charge is 0.300 e. The number of Topliss-reactive ketones (excluding diaryl/α,β-unsaturated/α-hetero) is 1. The van der Waals surface area contributed by atoms with Crippen LogP contribution in [0.1, 0.15) is 33.6 Å². The molecule has 1 rings (SSSR count). The minimum Gasteiger partial charge on any atom is -0.300 e. The summed E-state index contributed by atoms with van der Waals surface area (Å²) < 4.78 is 0. The molecule has 0 aromatic heterocycles. The van der Waals surface area contributed by atoms with E-state index in [1.165, 1.54) is 6.92 Å². The average molecular weight is 223 g/mol. The summed E-state index contributed by atoms with van der Waals surface area (Å²) in [6.07, 6.45) is 7.22. The maximum atomic E-state index is 10.9. The van der Waals surface area contributed by atoms with Crippen LogP contribution in [0.25, 0.3) is 0 Å². The summed E-state index contributed by atoms with van der Waals surface area (Å²) in [5.74, 6) is -0.0640. The number of rotatable bonds is 3. The lowest BCUT2D eigenvalue weighted by Gasteiger charge is -2.00. The topological polar surface area (TPSA) is 60.2 Å². The molecule has 0 aromatic carbocycles. The maximum absolute atomic E-state index is 10.9. The summed E-state index contributed by atoms with van der Waals surface area (Å²) in [6.45, 7) is 5.43. The van der Waals surface area contributed by atoms with Crippen LogP contribution in [-0.2, 0) is 4.79 Å². The summed E-state index contributed by atoms with van der Waals surface area (Å²) >= 11 is 0. The van der Waals surface area contributed by atoms with Gasteiger partial charge in [0.2, 0.25) is 0 Å². The van der Waals surface area contributed by atoms with E-state index in [4.69, 9.17) is 0 Å². The van der Waals surface area contributed by atoms with Crippen molar-refractivity contribution in [3.05, 3.63) is 45.7 Å². The third-order valence-corrected chi connectivity index (χ3v) is 1.89. The fourth-order valence-corrected chi connectivity index (χ4v) is 1.28. The molecule has 0 aromatic rings. The Morgan fingerprint density at radius 1 is 1.44 bits per heavy atom. The zero-order valence-corrected chi connectivity index (χ0v) is 9.90. The van der Waals surface area contributed by atoms with Crippen LogP contribution in [0.3, 0.4) is 0 Å². The summed E-state index contributed by atoms with van der Waals surface area (Å²) in [6, 6.07) is 0. The van der Waals surface area contributed by atoms with Gasteiger partial charge in [-0.1, -0.05) is 38.2 Å². The van der Waals surface area contributed by atoms with Gasteiger partial charge in [-0.25, -0.2) is 0 Å². The Hall–Kier alpha value is -1.71. The molecule has 0 saturated carbocycles. The first-order chi connectivity index (χ1) is 7.61. The van der Waals surface area contributed by atoms with Gasteiger partial charge in [0.15, 0.2) is 0 Å². The first-order valence-corrected chi connectivity index (χ1v) is 5.30. The second-order valence-corrected chi connectivity index (χ2v) is 3.10. The molecule has 0 aliphatic heterocycles. The molecule has 0 bridgehead atoms. The zero-order valence-electron chi connectivity index (χ0n) is 9.90. The monoisotopic (exact) mass is 223 g/mol. The van der Waals surface area contributed by atoms with E-state index < -0.39 is 4.92 Å². The molecule has 0 N–H and O–H groups in total. The van der Waals surface area contributed by atoms with E-state index in [1.54, 1.807) is 24.3 Å². The fourth-order valence-electron chi connectivity index (χ4n) is 1.28. The van der Waals surface area contributed by atoms with Crippen molar-refractivity contribution in [1.82, 2.24) is 0 Å². The number of hydrogen-bond donors (Lipinski definition) is 0. The lowest BCUT2D eigenvalue weighted by atomic mass is 10.1. The molecule has 1 aliphatic carbocycles. The van der Waals surface area contributed by atoms with Crippen molar-refractivity contribution in [2.45, 2.75) is 33.6 Å². The highest BCUT2D eigenvalue weighted by Crippen LogP contribution is 2.18. The van der Waals surface area contributed by atoms with Crippen molar-refractivity contribution < 1.29 is 9.72 Å². The van der Waals surface area contributed by atoms with Crippen molar-refractivity contribution in [3.8, 4) is 0 Å². The fraction of sp³-hybridized carbons (Fsp3) is 0.417. The van der Waals surface area contributed by atoms with Gasteiger partial charge in [0.05, 0.1) is 11.3 Å². The molecule has 0 heterocycles. The molecule has 0 saturated heterocycles. The van der Waals surface area contributed by atoms with Crippen LogP contribution < -0.4 is 0 Å². The highest BCUT2D eigenvalue weighted by molar-refractivity contribution is 5.79. The van der Waals surface area contributed by atoms with Gasteiger partial charge in [-0.05, 0) is 6.92 Å². The summed E-state index contributed by atoms with van der Waals surface area (Å²) in [4.78, 5) is 21.1.